The van der Waals surface area contributed by atoms with E-state index in [4.69, 9.17) is 0 Å². The van der Waals surface area contributed by atoms with Gasteiger partial charge >= 0.3 is 0 Å². The molecular formula is C7H8O3S. The number of carbonyl (C=O) groups excluding carboxylic acids is 1. The summed E-state index contributed by atoms with van der Waals surface area (Å²) in [6, 6.07) is 0. The molecule has 0 aromatic heterocycles. The second-order valence-corrected chi connectivity index (χ2v) is 4.71. The first-order valence-electron chi connectivity index (χ1n) is 3.10. The van der Waals surface area contributed by atoms with Crippen LogP contribution in [0.25, 0.3) is 0 Å². The van der Waals surface area contributed by atoms with Crippen LogP contribution in [0.2, 0.25) is 0 Å². The summed E-state index contributed by atoms with van der Waals surface area (Å²) < 4.78 is 22.3. The van der Waals surface area contributed by atoms with Crippen LogP contribution in [0.4, 0.5) is 0 Å². The third-order valence-corrected chi connectivity index (χ3v) is 3.47. The van der Waals surface area contributed by atoms with Crippen LogP contribution in [-0.2, 0) is 14.6 Å². The lowest BCUT2D eigenvalue weighted by Gasteiger charge is -2.07. The Kier molecular flexibility index (Phi) is 1.72. The molecule has 0 amide bonds. The van der Waals surface area contributed by atoms with Crippen LogP contribution in [0, 0.1) is 0 Å². The first kappa shape index (κ1) is 8.20. The molecule has 11 heavy (non-hydrogen) atoms. The van der Waals surface area contributed by atoms with Crippen LogP contribution in [-0.4, -0.2) is 14.2 Å². The standard InChI is InChI=1S/C7H8O3S/c1-5-3-7(8)4-6(2)11(5,9)10/h3-4H,1-2H3. The molecule has 0 N–H and O–H groups in total. The van der Waals surface area contributed by atoms with Gasteiger partial charge < -0.3 is 0 Å². The van der Waals surface area contributed by atoms with Crippen LogP contribution >= 0.6 is 0 Å². The normalized spacial score (nSPS) is 22.5. The fourth-order valence-electron chi connectivity index (χ4n) is 0.851. The number of hydrogen-bond donors (Lipinski definition) is 0. The van der Waals surface area contributed by atoms with Gasteiger partial charge in [-0.1, -0.05) is 0 Å². The maximum absolute atomic E-state index is 11.2. The summed E-state index contributed by atoms with van der Waals surface area (Å²) in [6.07, 6.45) is 2.25. The summed E-state index contributed by atoms with van der Waals surface area (Å²) in [4.78, 5) is 11.0. The third-order valence-electron chi connectivity index (χ3n) is 1.54. The van der Waals surface area contributed by atoms with E-state index in [0.717, 1.165) is 12.2 Å². The van der Waals surface area contributed by atoms with Crippen molar-refractivity contribution in [2.45, 2.75) is 13.8 Å². The zero-order valence-electron chi connectivity index (χ0n) is 6.29. The Morgan fingerprint density at radius 3 is 1.82 bits per heavy atom. The predicted octanol–water partition coefficient (Wildman–Crippen LogP) is 0.792. The van der Waals surface area contributed by atoms with Gasteiger partial charge in [-0.2, -0.15) is 0 Å². The van der Waals surface area contributed by atoms with Gasteiger partial charge in [0.25, 0.3) is 0 Å². The third kappa shape index (κ3) is 1.26. The van der Waals surface area contributed by atoms with Crippen molar-refractivity contribution in [3.8, 4) is 0 Å². The zero-order valence-corrected chi connectivity index (χ0v) is 7.10. The average Bonchev–Trinajstić information content (AvgIpc) is 1.84. The van der Waals surface area contributed by atoms with Crippen LogP contribution < -0.4 is 0 Å². The van der Waals surface area contributed by atoms with Crippen molar-refractivity contribution in [1.29, 1.82) is 0 Å². The van der Waals surface area contributed by atoms with E-state index in [9.17, 15) is 13.2 Å². The molecule has 0 fully saturated rings. The van der Waals surface area contributed by atoms with Crippen molar-refractivity contribution < 1.29 is 13.2 Å². The topological polar surface area (TPSA) is 51.2 Å². The number of carbonyl (C=O) groups is 1. The fourth-order valence-corrected chi connectivity index (χ4v) is 1.90. The molecule has 0 aromatic rings. The van der Waals surface area contributed by atoms with Crippen LogP contribution in [0.5, 0.6) is 0 Å². The maximum atomic E-state index is 11.2. The molecule has 3 nitrogen and oxygen atoms in total. The van der Waals surface area contributed by atoms with E-state index in [1.165, 1.54) is 13.8 Å². The lowest BCUT2D eigenvalue weighted by atomic mass is 10.3. The Morgan fingerprint density at radius 2 is 1.45 bits per heavy atom. The van der Waals surface area contributed by atoms with Crippen LogP contribution in [0.15, 0.2) is 22.0 Å². The number of allylic oxidation sites excluding steroid dienone is 4. The highest BCUT2D eigenvalue weighted by molar-refractivity contribution is 7.99. The highest BCUT2D eigenvalue weighted by Gasteiger charge is 2.21. The van der Waals surface area contributed by atoms with Crippen molar-refractivity contribution in [1.82, 2.24) is 0 Å². The molecule has 0 aromatic carbocycles. The summed E-state index contributed by atoms with van der Waals surface area (Å²) in [5.74, 6) is -0.255. The van der Waals surface area contributed by atoms with E-state index in [-0.39, 0.29) is 15.6 Å². The number of rotatable bonds is 0. The van der Waals surface area contributed by atoms with Gasteiger partial charge in [-0.15, -0.1) is 0 Å². The highest BCUT2D eigenvalue weighted by atomic mass is 32.2. The van der Waals surface area contributed by atoms with E-state index >= 15 is 0 Å². The second kappa shape index (κ2) is 2.30. The van der Waals surface area contributed by atoms with Gasteiger partial charge in [0.05, 0.1) is 0 Å². The molecule has 0 bridgehead atoms. The molecular weight excluding hydrogens is 164 g/mol. The van der Waals surface area contributed by atoms with Gasteiger partial charge in [-0.3, -0.25) is 4.79 Å². The number of sulfone groups is 1. The van der Waals surface area contributed by atoms with Crippen molar-refractivity contribution in [2.24, 2.45) is 0 Å². The highest BCUT2D eigenvalue weighted by Crippen LogP contribution is 2.20. The van der Waals surface area contributed by atoms with Gasteiger partial charge in [-0.05, 0) is 13.8 Å². The number of ketones is 1. The molecule has 0 atom stereocenters. The Labute approximate surface area is 65.3 Å². The van der Waals surface area contributed by atoms with E-state index in [1.807, 2.05) is 0 Å². The van der Waals surface area contributed by atoms with Gasteiger partial charge in [0, 0.05) is 22.0 Å². The molecule has 4 heteroatoms. The van der Waals surface area contributed by atoms with Crippen molar-refractivity contribution in [3.05, 3.63) is 22.0 Å². The lowest BCUT2D eigenvalue weighted by molar-refractivity contribution is -0.110. The molecule has 0 saturated heterocycles. The molecule has 1 aliphatic rings. The van der Waals surface area contributed by atoms with Gasteiger partial charge in [0.15, 0.2) is 15.6 Å². The second-order valence-electron chi connectivity index (χ2n) is 2.42. The average molecular weight is 172 g/mol. The monoisotopic (exact) mass is 172 g/mol. The first-order chi connectivity index (χ1) is 4.94. The van der Waals surface area contributed by atoms with Gasteiger partial charge in [-0.25, -0.2) is 8.42 Å². The molecule has 0 spiro atoms. The Bertz CT molecular complexity index is 329. The Hall–Kier alpha value is -0.900. The summed E-state index contributed by atoms with van der Waals surface area (Å²) in [7, 11) is -3.27. The summed E-state index contributed by atoms with van der Waals surface area (Å²) in [5, 5.41) is 0. The number of hydrogen-bond acceptors (Lipinski definition) is 3. The SMILES string of the molecule is CC1=CC(=O)C=C(C)S1(=O)=O. The van der Waals surface area contributed by atoms with E-state index in [0.29, 0.717) is 0 Å². The van der Waals surface area contributed by atoms with E-state index in [2.05, 4.69) is 0 Å². The zero-order chi connectivity index (χ0) is 8.65. The summed E-state index contributed by atoms with van der Waals surface area (Å²) in [5.41, 5.74) is 0. The minimum Gasteiger partial charge on any atom is -0.290 e. The minimum absolute atomic E-state index is 0.127. The van der Waals surface area contributed by atoms with Crippen LogP contribution in [0.1, 0.15) is 13.8 Å². The molecule has 0 unspecified atom stereocenters. The first-order valence-corrected chi connectivity index (χ1v) is 4.58. The molecule has 0 aliphatic carbocycles. The molecule has 1 aliphatic heterocycles. The van der Waals surface area contributed by atoms with E-state index < -0.39 is 9.84 Å². The quantitative estimate of drug-likeness (QED) is 0.543. The Balaban J connectivity index is 3.34. The largest absolute Gasteiger partial charge is 0.290 e. The van der Waals surface area contributed by atoms with E-state index in [1.54, 1.807) is 0 Å². The molecule has 60 valence electrons. The Morgan fingerprint density at radius 1 is 1.09 bits per heavy atom. The molecule has 1 rings (SSSR count). The van der Waals surface area contributed by atoms with Gasteiger partial charge in [0.1, 0.15) is 0 Å². The summed E-state index contributed by atoms with van der Waals surface area (Å²) >= 11 is 0. The molecule has 0 saturated carbocycles. The lowest BCUT2D eigenvalue weighted by Crippen LogP contribution is -2.10. The van der Waals surface area contributed by atoms with Crippen LogP contribution in [0.3, 0.4) is 0 Å². The maximum Gasteiger partial charge on any atom is 0.198 e. The summed E-state index contributed by atoms with van der Waals surface area (Å²) in [6.45, 7) is 2.84. The molecule has 0 radical (unpaired) electrons. The predicted molar refractivity (Wildman–Crippen MR) is 41.4 cm³/mol. The molecule has 1 heterocycles. The van der Waals surface area contributed by atoms with Crippen molar-refractivity contribution >= 4 is 15.6 Å². The smallest absolute Gasteiger partial charge is 0.198 e. The van der Waals surface area contributed by atoms with Gasteiger partial charge in [0.2, 0.25) is 0 Å². The fraction of sp³-hybridized carbons (Fsp3) is 0.286. The minimum atomic E-state index is -3.27. The van der Waals surface area contributed by atoms with Crippen molar-refractivity contribution in [3.63, 3.8) is 0 Å². The van der Waals surface area contributed by atoms with Crippen molar-refractivity contribution in [2.75, 3.05) is 0 Å².